The number of carbonyl (C=O) groups is 1. The minimum absolute atomic E-state index is 0.0236. The van der Waals surface area contributed by atoms with Gasteiger partial charge in [-0.2, -0.15) is 0 Å². The largest absolute Gasteiger partial charge is 0.492 e. The van der Waals surface area contributed by atoms with E-state index in [9.17, 15) is 4.79 Å². The normalized spacial score (nSPS) is 16.8. The van der Waals surface area contributed by atoms with Gasteiger partial charge in [0.25, 0.3) is 0 Å². The van der Waals surface area contributed by atoms with Crippen LogP contribution < -0.4 is 10.1 Å². The topological polar surface area (TPSA) is 38.3 Å². The maximum Gasteiger partial charge on any atom is 0.231 e. The average Bonchev–Trinajstić information content (AvgIpc) is 2.48. The Balaban J connectivity index is 1.70. The fourth-order valence-corrected chi connectivity index (χ4v) is 2.61. The summed E-state index contributed by atoms with van der Waals surface area (Å²) in [7, 11) is 0. The fourth-order valence-electron chi connectivity index (χ4n) is 2.41. The highest BCUT2D eigenvalue weighted by Crippen LogP contribution is 2.30. The number of hydrogen-bond donors (Lipinski definition) is 1. The number of rotatable bonds is 2. The molecule has 1 aliphatic heterocycles. The van der Waals surface area contributed by atoms with Gasteiger partial charge in [-0.3, -0.25) is 4.79 Å². The van der Waals surface area contributed by atoms with Crippen molar-refractivity contribution in [3.63, 3.8) is 0 Å². The molecule has 1 heterocycles. The van der Waals surface area contributed by atoms with Crippen LogP contribution >= 0.6 is 11.6 Å². The molecule has 1 N–H and O–H groups in total. The minimum Gasteiger partial charge on any atom is -0.492 e. The highest BCUT2D eigenvalue weighted by molar-refractivity contribution is 6.30. The lowest BCUT2D eigenvalue weighted by atomic mass is 9.96. The molecule has 0 saturated heterocycles. The first-order valence-electron chi connectivity index (χ1n) is 6.90. The molecule has 1 atom stereocenters. The number of nitrogens with one attached hydrogen (secondary N) is 1. The number of carbonyl (C=O) groups excluding carboxylic acids is 1. The highest BCUT2D eigenvalue weighted by atomic mass is 35.5. The first-order valence-corrected chi connectivity index (χ1v) is 7.28. The molecule has 3 rings (SSSR count). The summed E-state index contributed by atoms with van der Waals surface area (Å²) >= 11 is 5.99. The van der Waals surface area contributed by atoms with Crippen molar-refractivity contribution < 1.29 is 9.53 Å². The zero-order chi connectivity index (χ0) is 14.8. The number of halogens is 1. The van der Waals surface area contributed by atoms with E-state index in [1.165, 1.54) is 0 Å². The molecule has 2 aromatic rings. The van der Waals surface area contributed by atoms with Crippen LogP contribution in [0.4, 0.5) is 5.69 Å². The molecular weight excluding hydrogens is 286 g/mol. The van der Waals surface area contributed by atoms with Gasteiger partial charge in [0.05, 0.1) is 5.92 Å². The van der Waals surface area contributed by atoms with Gasteiger partial charge in [-0.1, -0.05) is 29.3 Å². The summed E-state index contributed by atoms with van der Waals surface area (Å²) < 4.78 is 5.65. The number of ether oxygens (including phenoxy) is 1. The van der Waals surface area contributed by atoms with E-state index in [-0.39, 0.29) is 11.8 Å². The maximum absolute atomic E-state index is 12.3. The van der Waals surface area contributed by atoms with E-state index in [1.807, 2.05) is 43.3 Å². The number of benzene rings is 2. The van der Waals surface area contributed by atoms with Crippen LogP contribution in [0.5, 0.6) is 5.75 Å². The van der Waals surface area contributed by atoms with E-state index in [2.05, 4.69) is 5.32 Å². The van der Waals surface area contributed by atoms with Gasteiger partial charge in [0.15, 0.2) is 0 Å². The number of fused-ring (bicyclic) bond motifs is 1. The van der Waals surface area contributed by atoms with Crippen molar-refractivity contribution in [3.8, 4) is 5.75 Å². The number of anilines is 1. The Bertz CT molecular complexity index is 667. The average molecular weight is 302 g/mol. The van der Waals surface area contributed by atoms with Gasteiger partial charge < -0.3 is 10.1 Å². The summed E-state index contributed by atoms with van der Waals surface area (Å²) in [6.45, 7) is 2.41. The van der Waals surface area contributed by atoms with Crippen molar-refractivity contribution in [1.82, 2.24) is 0 Å². The molecule has 3 nitrogen and oxygen atoms in total. The SMILES string of the molecule is Cc1ccc(NC(=O)C2COc3ccc(Cl)cc3C2)cc1. The molecule has 0 saturated carbocycles. The van der Waals surface area contributed by atoms with Crippen molar-refractivity contribution >= 4 is 23.2 Å². The van der Waals surface area contributed by atoms with Crippen molar-refractivity contribution in [2.75, 3.05) is 11.9 Å². The van der Waals surface area contributed by atoms with Gasteiger partial charge in [0.1, 0.15) is 12.4 Å². The van der Waals surface area contributed by atoms with Crippen LogP contribution in [0.3, 0.4) is 0 Å². The van der Waals surface area contributed by atoms with Crippen molar-refractivity contribution in [2.24, 2.45) is 5.92 Å². The Morgan fingerprint density at radius 2 is 2.00 bits per heavy atom. The van der Waals surface area contributed by atoms with Gasteiger partial charge in [-0.05, 0) is 49.2 Å². The molecule has 0 spiro atoms. The lowest BCUT2D eigenvalue weighted by Crippen LogP contribution is -2.32. The second kappa shape index (κ2) is 5.78. The van der Waals surface area contributed by atoms with Crippen LogP contribution in [0.15, 0.2) is 42.5 Å². The monoisotopic (exact) mass is 301 g/mol. The molecule has 0 fully saturated rings. The molecule has 2 aromatic carbocycles. The van der Waals surface area contributed by atoms with Crippen LogP contribution in [0.25, 0.3) is 0 Å². The zero-order valence-corrected chi connectivity index (χ0v) is 12.5. The number of aryl methyl sites for hydroxylation is 1. The molecule has 21 heavy (non-hydrogen) atoms. The lowest BCUT2D eigenvalue weighted by molar-refractivity contribution is -0.121. The second-order valence-electron chi connectivity index (χ2n) is 5.32. The van der Waals surface area contributed by atoms with Gasteiger partial charge in [0, 0.05) is 10.7 Å². The summed E-state index contributed by atoms with van der Waals surface area (Å²) in [5.41, 5.74) is 2.96. The lowest BCUT2D eigenvalue weighted by Gasteiger charge is -2.24. The molecule has 1 amide bonds. The van der Waals surface area contributed by atoms with Crippen molar-refractivity contribution in [2.45, 2.75) is 13.3 Å². The molecular formula is C17H16ClNO2. The molecule has 108 valence electrons. The number of hydrogen-bond acceptors (Lipinski definition) is 2. The minimum atomic E-state index is -0.197. The van der Waals surface area contributed by atoms with Crippen molar-refractivity contribution in [1.29, 1.82) is 0 Å². The summed E-state index contributed by atoms with van der Waals surface area (Å²) in [6.07, 6.45) is 0.646. The smallest absolute Gasteiger partial charge is 0.231 e. The van der Waals surface area contributed by atoms with Crippen molar-refractivity contribution in [3.05, 3.63) is 58.6 Å². The fraction of sp³-hybridized carbons (Fsp3) is 0.235. The Hall–Kier alpha value is -2.00. The van der Waals surface area contributed by atoms with E-state index in [4.69, 9.17) is 16.3 Å². The Labute approximate surface area is 128 Å². The van der Waals surface area contributed by atoms with Crippen LogP contribution in [0, 0.1) is 12.8 Å². The third-order valence-electron chi connectivity index (χ3n) is 3.62. The van der Waals surface area contributed by atoms with E-state index in [1.54, 1.807) is 6.07 Å². The molecule has 0 radical (unpaired) electrons. The van der Waals surface area contributed by atoms with Crippen LogP contribution in [-0.2, 0) is 11.2 Å². The maximum atomic E-state index is 12.3. The molecule has 4 heteroatoms. The predicted molar refractivity (Wildman–Crippen MR) is 83.9 cm³/mol. The van der Waals surface area contributed by atoms with Crippen LogP contribution in [0.2, 0.25) is 5.02 Å². The summed E-state index contributed by atoms with van der Waals surface area (Å²) in [5.74, 6) is 0.598. The third-order valence-corrected chi connectivity index (χ3v) is 3.85. The van der Waals surface area contributed by atoms with Gasteiger partial charge >= 0.3 is 0 Å². The second-order valence-corrected chi connectivity index (χ2v) is 5.76. The first-order chi connectivity index (χ1) is 10.1. The van der Waals surface area contributed by atoms with Crippen LogP contribution in [0.1, 0.15) is 11.1 Å². The molecule has 0 aromatic heterocycles. The summed E-state index contributed by atoms with van der Waals surface area (Å²) in [5, 5.41) is 3.60. The van der Waals surface area contributed by atoms with E-state index < -0.39 is 0 Å². The molecule has 1 aliphatic rings. The summed E-state index contributed by atoms with van der Waals surface area (Å²) in [4.78, 5) is 12.3. The zero-order valence-electron chi connectivity index (χ0n) is 11.7. The quantitative estimate of drug-likeness (QED) is 0.915. The number of amides is 1. The Kier molecular flexibility index (Phi) is 3.84. The van der Waals surface area contributed by atoms with E-state index in [0.717, 1.165) is 22.6 Å². The predicted octanol–water partition coefficient (Wildman–Crippen LogP) is 3.84. The van der Waals surface area contributed by atoms with Gasteiger partial charge in [-0.25, -0.2) is 0 Å². The highest BCUT2D eigenvalue weighted by Gasteiger charge is 2.26. The van der Waals surface area contributed by atoms with Crippen LogP contribution in [-0.4, -0.2) is 12.5 Å². The standard InChI is InChI=1S/C17H16ClNO2/c1-11-2-5-15(6-3-11)19-17(20)13-8-12-9-14(18)4-7-16(12)21-10-13/h2-7,9,13H,8,10H2,1H3,(H,19,20). The van der Waals surface area contributed by atoms with E-state index >= 15 is 0 Å². The van der Waals surface area contributed by atoms with Gasteiger partial charge in [-0.15, -0.1) is 0 Å². The Morgan fingerprint density at radius 3 is 2.76 bits per heavy atom. The molecule has 1 unspecified atom stereocenters. The third kappa shape index (κ3) is 3.19. The Morgan fingerprint density at radius 1 is 1.24 bits per heavy atom. The molecule has 0 aliphatic carbocycles. The van der Waals surface area contributed by atoms with Gasteiger partial charge in [0.2, 0.25) is 5.91 Å². The molecule has 0 bridgehead atoms. The first kappa shape index (κ1) is 14.0. The summed E-state index contributed by atoms with van der Waals surface area (Å²) in [6, 6.07) is 13.3. The van der Waals surface area contributed by atoms with E-state index in [0.29, 0.717) is 18.1 Å².